The summed E-state index contributed by atoms with van der Waals surface area (Å²) in [6.45, 7) is 9.33. The number of ether oxygens (including phenoxy) is 1. The fourth-order valence-electron chi connectivity index (χ4n) is 6.00. The number of amides is 1. The molecule has 1 aliphatic heterocycles. The van der Waals surface area contributed by atoms with Crippen molar-refractivity contribution in [2.24, 2.45) is 5.92 Å². The molecule has 1 saturated heterocycles. The van der Waals surface area contributed by atoms with Crippen LogP contribution < -0.4 is 4.72 Å². The molecule has 2 aromatic rings. The highest BCUT2D eigenvalue weighted by atomic mass is 32.2. The Morgan fingerprint density at radius 1 is 1.11 bits per heavy atom. The molecule has 38 heavy (non-hydrogen) atoms. The van der Waals surface area contributed by atoms with Gasteiger partial charge in [0.2, 0.25) is 10.0 Å². The van der Waals surface area contributed by atoms with E-state index in [1.807, 2.05) is 42.2 Å². The molecule has 0 aromatic heterocycles. The van der Waals surface area contributed by atoms with E-state index >= 15 is 0 Å². The van der Waals surface area contributed by atoms with E-state index in [9.17, 15) is 13.2 Å². The fourth-order valence-corrected chi connectivity index (χ4v) is 6.80. The first-order valence-corrected chi connectivity index (χ1v) is 15.5. The summed E-state index contributed by atoms with van der Waals surface area (Å²) in [5.41, 5.74) is 3.43. The molecule has 3 atom stereocenters. The molecule has 2 aromatic carbocycles. The monoisotopic (exact) mass is 539 g/mol. The number of piperidine rings is 1. The van der Waals surface area contributed by atoms with Crippen molar-refractivity contribution in [3.8, 4) is 0 Å². The average Bonchev–Trinajstić information content (AvgIpc) is 3.28. The minimum absolute atomic E-state index is 0.0378. The Kier molecular flexibility index (Phi) is 9.63. The van der Waals surface area contributed by atoms with E-state index in [4.69, 9.17) is 4.74 Å². The summed E-state index contributed by atoms with van der Waals surface area (Å²) in [4.78, 5) is 17.3. The third-order valence-electron chi connectivity index (χ3n) is 7.84. The number of rotatable bonds is 10. The molecule has 2 fully saturated rings. The summed E-state index contributed by atoms with van der Waals surface area (Å²) < 4.78 is 32.3. The number of benzene rings is 2. The number of aryl methyl sites for hydroxylation is 1. The molecule has 1 amide bonds. The van der Waals surface area contributed by atoms with Crippen LogP contribution in [0.5, 0.6) is 0 Å². The molecular formula is C30H41N3O4S. The van der Waals surface area contributed by atoms with Crippen LogP contribution >= 0.6 is 0 Å². The van der Waals surface area contributed by atoms with E-state index in [2.05, 4.69) is 40.5 Å². The van der Waals surface area contributed by atoms with Gasteiger partial charge in [-0.1, -0.05) is 66.2 Å². The summed E-state index contributed by atoms with van der Waals surface area (Å²) in [7, 11) is -3.25. The Hall–Kier alpha value is -2.68. The van der Waals surface area contributed by atoms with Crippen molar-refractivity contribution in [1.82, 2.24) is 14.5 Å². The third-order valence-corrected chi connectivity index (χ3v) is 8.60. The quantitative estimate of drug-likeness (QED) is 0.443. The number of sulfonamides is 1. The maximum Gasteiger partial charge on any atom is 0.410 e. The van der Waals surface area contributed by atoms with Crippen LogP contribution in [0.1, 0.15) is 48.3 Å². The zero-order valence-corrected chi connectivity index (χ0v) is 23.4. The summed E-state index contributed by atoms with van der Waals surface area (Å²) in [5, 5.41) is 0. The predicted molar refractivity (Wildman–Crippen MR) is 151 cm³/mol. The molecular weight excluding hydrogens is 498 g/mol. The van der Waals surface area contributed by atoms with Gasteiger partial charge in [0.05, 0.1) is 6.26 Å². The van der Waals surface area contributed by atoms with E-state index in [1.165, 1.54) is 17.4 Å². The molecule has 0 radical (unpaired) electrons. The summed E-state index contributed by atoms with van der Waals surface area (Å²) >= 11 is 0. The van der Waals surface area contributed by atoms with Crippen LogP contribution in [0.3, 0.4) is 0 Å². The third kappa shape index (κ3) is 7.91. The van der Waals surface area contributed by atoms with Crippen molar-refractivity contribution in [2.75, 3.05) is 32.4 Å². The number of hydrogen-bond acceptors (Lipinski definition) is 5. The van der Waals surface area contributed by atoms with Gasteiger partial charge in [0, 0.05) is 38.3 Å². The van der Waals surface area contributed by atoms with Crippen molar-refractivity contribution in [1.29, 1.82) is 0 Å². The highest BCUT2D eigenvalue weighted by Crippen LogP contribution is 2.41. The van der Waals surface area contributed by atoms with Crippen molar-refractivity contribution in [2.45, 2.75) is 57.2 Å². The van der Waals surface area contributed by atoms with Crippen LogP contribution in [0.4, 0.5) is 4.79 Å². The van der Waals surface area contributed by atoms with Gasteiger partial charge < -0.3 is 14.5 Å². The molecule has 7 nitrogen and oxygen atoms in total. The fraction of sp³-hybridized carbons (Fsp3) is 0.500. The first-order valence-electron chi connectivity index (χ1n) is 13.6. The molecule has 1 unspecified atom stereocenters. The molecule has 8 heteroatoms. The van der Waals surface area contributed by atoms with Crippen molar-refractivity contribution >= 4 is 16.1 Å². The van der Waals surface area contributed by atoms with Crippen LogP contribution in [0.15, 0.2) is 67.3 Å². The van der Waals surface area contributed by atoms with Gasteiger partial charge in [0.25, 0.3) is 0 Å². The van der Waals surface area contributed by atoms with Gasteiger partial charge in [-0.05, 0) is 55.6 Å². The van der Waals surface area contributed by atoms with Gasteiger partial charge in [-0.25, -0.2) is 17.9 Å². The highest BCUT2D eigenvalue weighted by molar-refractivity contribution is 7.88. The van der Waals surface area contributed by atoms with Crippen molar-refractivity contribution in [3.05, 3.63) is 83.9 Å². The molecule has 1 heterocycles. The standard InChI is InChI=1S/C30H41N3O4S/c1-4-16-33(30(34)37-22-24-12-10-23(2)11-13-24)28-14-17-32(18-15-28)21-26-19-27(31-38(3,35)36)20-29(26)25-8-6-5-7-9-25/h4-13,26-29,31H,1,14-22H2,2-3H3/t26-,27?,29-/m1/s1. The molecule has 0 bridgehead atoms. The molecule has 206 valence electrons. The average molecular weight is 540 g/mol. The van der Waals surface area contributed by atoms with Crippen LogP contribution in [0.2, 0.25) is 0 Å². The lowest BCUT2D eigenvalue weighted by Crippen LogP contribution is -2.48. The lowest BCUT2D eigenvalue weighted by molar-refractivity contribution is 0.0629. The Bertz CT molecular complexity index is 1160. The highest BCUT2D eigenvalue weighted by Gasteiger charge is 2.38. The lowest BCUT2D eigenvalue weighted by Gasteiger charge is -2.39. The van der Waals surface area contributed by atoms with Gasteiger partial charge in [-0.15, -0.1) is 6.58 Å². The van der Waals surface area contributed by atoms with E-state index in [0.29, 0.717) is 18.4 Å². The number of carbonyl (C=O) groups excluding carboxylic acids is 1. The second-order valence-electron chi connectivity index (χ2n) is 10.8. The first kappa shape index (κ1) is 28.3. The molecule has 1 aliphatic carbocycles. The van der Waals surface area contributed by atoms with Crippen LogP contribution in [0, 0.1) is 12.8 Å². The number of nitrogens with one attached hydrogen (secondary N) is 1. The second-order valence-corrected chi connectivity index (χ2v) is 12.6. The molecule has 1 N–H and O–H groups in total. The largest absolute Gasteiger partial charge is 0.445 e. The molecule has 0 spiro atoms. The number of likely N-dealkylation sites (tertiary alicyclic amines) is 1. The van der Waals surface area contributed by atoms with E-state index in [0.717, 1.165) is 50.9 Å². The van der Waals surface area contributed by atoms with Crippen molar-refractivity contribution < 1.29 is 17.9 Å². The van der Waals surface area contributed by atoms with Gasteiger partial charge >= 0.3 is 6.09 Å². The normalized spacial score (nSPS) is 22.7. The smallest absolute Gasteiger partial charge is 0.410 e. The maximum absolute atomic E-state index is 13.0. The van der Waals surface area contributed by atoms with Gasteiger partial charge in [-0.3, -0.25) is 0 Å². The van der Waals surface area contributed by atoms with Crippen molar-refractivity contribution in [3.63, 3.8) is 0 Å². The molecule has 1 saturated carbocycles. The van der Waals surface area contributed by atoms with Gasteiger partial charge in [0.1, 0.15) is 6.61 Å². The number of carbonyl (C=O) groups is 1. The molecule has 4 rings (SSSR count). The minimum atomic E-state index is -3.25. The topological polar surface area (TPSA) is 79.0 Å². The Labute approximate surface area is 227 Å². The minimum Gasteiger partial charge on any atom is -0.445 e. The van der Waals surface area contributed by atoms with E-state index in [1.54, 1.807) is 6.08 Å². The van der Waals surface area contributed by atoms with Gasteiger partial charge in [-0.2, -0.15) is 0 Å². The Morgan fingerprint density at radius 2 is 1.79 bits per heavy atom. The zero-order valence-electron chi connectivity index (χ0n) is 22.6. The Morgan fingerprint density at radius 3 is 2.42 bits per heavy atom. The number of nitrogens with zero attached hydrogens (tertiary/aromatic N) is 2. The second kappa shape index (κ2) is 12.9. The zero-order chi connectivity index (χ0) is 27.1. The van der Waals surface area contributed by atoms with E-state index < -0.39 is 10.0 Å². The van der Waals surface area contributed by atoms with E-state index in [-0.39, 0.29) is 24.8 Å². The maximum atomic E-state index is 13.0. The van der Waals surface area contributed by atoms with Crippen LogP contribution in [-0.4, -0.2) is 68.8 Å². The summed E-state index contributed by atoms with van der Waals surface area (Å²) in [5.74, 6) is 0.694. The molecule has 2 aliphatic rings. The SMILES string of the molecule is C=CCN(C(=O)OCc1ccc(C)cc1)C1CCN(C[C@H]2CC(NS(C)(=O)=O)C[C@@H]2c2ccccc2)CC1. The van der Waals surface area contributed by atoms with Crippen LogP contribution in [-0.2, 0) is 21.4 Å². The number of hydrogen-bond donors (Lipinski definition) is 1. The first-order chi connectivity index (χ1) is 18.2. The summed E-state index contributed by atoms with van der Waals surface area (Å²) in [6.07, 6.45) is 6.11. The lowest BCUT2D eigenvalue weighted by atomic mass is 9.88. The summed E-state index contributed by atoms with van der Waals surface area (Å²) in [6, 6.07) is 18.5. The Balaban J connectivity index is 1.33. The predicted octanol–water partition coefficient (Wildman–Crippen LogP) is 4.70. The van der Waals surface area contributed by atoms with Crippen LogP contribution in [0.25, 0.3) is 0 Å². The van der Waals surface area contributed by atoms with Gasteiger partial charge in [0.15, 0.2) is 0 Å².